The molecule has 6 heteroatoms. The van der Waals surface area contributed by atoms with Crippen LogP contribution in [-0.2, 0) is 4.74 Å². The molecule has 0 radical (unpaired) electrons. The van der Waals surface area contributed by atoms with E-state index in [9.17, 15) is 9.18 Å². The second-order valence-corrected chi connectivity index (χ2v) is 5.99. The Hall–Kier alpha value is -3.85. The van der Waals surface area contributed by atoms with Gasteiger partial charge in [0.25, 0.3) is 0 Å². The molecule has 0 bridgehead atoms. The molecule has 1 saturated heterocycles. The Kier molecular flexibility index (Phi) is 6.80. The van der Waals surface area contributed by atoms with Gasteiger partial charge in [-0.15, -0.1) is 0 Å². The molecule has 0 unspecified atom stereocenters. The summed E-state index contributed by atoms with van der Waals surface area (Å²) in [5.41, 5.74) is 1.50. The van der Waals surface area contributed by atoms with Crippen LogP contribution in [0.25, 0.3) is 0 Å². The fourth-order valence-corrected chi connectivity index (χ4v) is 2.51. The Balaban J connectivity index is 0.000000252. The number of nitrogens with one attached hydrogen (secondary N) is 1. The Morgan fingerprint density at radius 2 is 1.79 bits per heavy atom. The topological polar surface area (TPSA) is 60.5 Å². The lowest BCUT2D eigenvalue weighted by Gasteiger charge is -2.06. The van der Waals surface area contributed by atoms with Crippen LogP contribution in [0.4, 0.5) is 9.18 Å². The van der Waals surface area contributed by atoms with Crippen molar-refractivity contribution in [3.8, 4) is 17.6 Å². The van der Waals surface area contributed by atoms with Gasteiger partial charge in [0.15, 0.2) is 0 Å². The van der Waals surface area contributed by atoms with E-state index >= 15 is 0 Å². The molecule has 0 aliphatic carbocycles. The summed E-state index contributed by atoms with van der Waals surface area (Å²) < 4.78 is 23.2. The lowest BCUT2D eigenvalue weighted by molar-refractivity contribution is 0.177. The van der Waals surface area contributed by atoms with Crippen LogP contribution >= 0.6 is 0 Å². The minimum absolute atomic E-state index is 0.246. The van der Waals surface area contributed by atoms with Crippen molar-refractivity contribution < 1.29 is 18.7 Å². The van der Waals surface area contributed by atoms with Gasteiger partial charge >= 0.3 is 6.09 Å². The third-order valence-corrected chi connectivity index (χ3v) is 3.98. The van der Waals surface area contributed by atoms with Gasteiger partial charge in [0.1, 0.15) is 29.9 Å². The van der Waals surface area contributed by atoms with Gasteiger partial charge < -0.3 is 14.8 Å². The van der Waals surface area contributed by atoms with E-state index in [4.69, 9.17) is 9.47 Å². The summed E-state index contributed by atoms with van der Waals surface area (Å²) in [6, 6.07) is 21.0. The second kappa shape index (κ2) is 9.90. The number of pyridine rings is 1. The number of rotatable bonds is 2. The van der Waals surface area contributed by atoms with Crippen LogP contribution < -0.4 is 10.1 Å². The summed E-state index contributed by atoms with van der Waals surface area (Å²) in [4.78, 5) is 15.4. The number of ether oxygens (including phenoxy) is 2. The highest BCUT2D eigenvalue weighted by atomic mass is 19.1. The van der Waals surface area contributed by atoms with Gasteiger partial charge in [0.05, 0.1) is 18.4 Å². The molecule has 0 spiro atoms. The molecule has 2 aromatic carbocycles. The lowest BCUT2D eigenvalue weighted by atomic mass is 10.2. The Morgan fingerprint density at radius 3 is 2.45 bits per heavy atom. The smallest absolute Gasteiger partial charge is 0.407 e. The highest BCUT2D eigenvalue weighted by Gasteiger charge is 2.24. The van der Waals surface area contributed by atoms with Crippen molar-refractivity contribution in [2.45, 2.75) is 6.04 Å². The van der Waals surface area contributed by atoms with Crippen molar-refractivity contribution in [2.24, 2.45) is 0 Å². The van der Waals surface area contributed by atoms with Crippen LogP contribution in [0.1, 0.15) is 23.0 Å². The highest BCUT2D eigenvalue weighted by Crippen LogP contribution is 2.16. The van der Waals surface area contributed by atoms with E-state index in [-0.39, 0.29) is 18.5 Å². The normalized spacial score (nSPS) is 14.4. The van der Waals surface area contributed by atoms with Crippen LogP contribution in [0, 0.1) is 17.7 Å². The Bertz CT molecular complexity index is 1030. The molecule has 2 heterocycles. The highest BCUT2D eigenvalue weighted by molar-refractivity contribution is 5.69. The van der Waals surface area contributed by atoms with Gasteiger partial charge in [0, 0.05) is 0 Å². The van der Waals surface area contributed by atoms with E-state index in [2.05, 4.69) is 22.1 Å². The molecule has 1 aromatic heterocycles. The van der Waals surface area contributed by atoms with Crippen molar-refractivity contribution in [1.29, 1.82) is 0 Å². The third-order valence-electron chi connectivity index (χ3n) is 3.98. The average Bonchev–Trinajstić information content (AvgIpc) is 3.21. The molecular weight excluding hydrogens is 371 g/mol. The average molecular weight is 390 g/mol. The maximum atomic E-state index is 13.5. The minimum atomic E-state index is -0.454. The molecule has 4 rings (SSSR count). The number of aromatic nitrogens is 1. The lowest BCUT2D eigenvalue weighted by Crippen LogP contribution is -2.19. The van der Waals surface area contributed by atoms with E-state index in [1.54, 1.807) is 43.5 Å². The summed E-state index contributed by atoms with van der Waals surface area (Å²) in [5.74, 6) is 6.12. The van der Waals surface area contributed by atoms with Gasteiger partial charge in [-0.25, -0.2) is 14.2 Å². The van der Waals surface area contributed by atoms with Crippen molar-refractivity contribution >= 4 is 6.09 Å². The van der Waals surface area contributed by atoms with Crippen molar-refractivity contribution in [2.75, 3.05) is 13.7 Å². The number of hydrogen-bond acceptors (Lipinski definition) is 4. The molecule has 29 heavy (non-hydrogen) atoms. The number of hydrogen-bond donors (Lipinski definition) is 1. The van der Waals surface area contributed by atoms with Gasteiger partial charge in [-0.2, -0.15) is 0 Å². The summed E-state index contributed by atoms with van der Waals surface area (Å²) >= 11 is 0. The van der Waals surface area contributed by atoms with E-state index in [0.29, 0.717) is 17.0 Å². The zero-order chi connectivity index (χ0) is 20.5. The summed E-state index contributed by atoms with van der Waals surface area (Å²) in [6.07, 6.45) is -0.454. The fraction of sp³-hybridized carbons (Fsp3) is 0.130. The Morgan fingerprint density at radius 1 is 1.03 bits per heavy atom. The molecule has 146 valence electrons. The van der Waals surface area contributed by atoms with Crippen LogP contribution in [0.3, 0.4) is 0 Å². The SMILES string of the molecule is COc1ccccc1.O=C1N[C@H](c2cccc(C#Cc3ccccc3F)n2)CO1. The van der Waals surface area contributed by atoms with Crippen molar-refractivity contribution in [3.63, 3.8) is 0 Å². The van der Waals surface area contributed by atoms with Crippen LogP contribution in [-0.4, -0.2) is 24.8 Å². The zero-order valence-corrected chi connectivity index (χ0v) is 15.8. The number of amides is 1. The van der Waals surface area contributed by atoms with E-state index < -0.39 is 6.09 Å². The Labute approximate surface area is 168 Å². The van der Waals surface area contributed by atoms with E-state index in [1.165, 1.54) is 6.07 Å². The number of para-hydroxylation sites is 1. The molecule has 1 aliphatic heterocycles. The first-order valence-corrected chi connectivity index (χ1v) is 8.91. The summed E-state index contributed by atoms with van der Waals surface area (Å²) in [6.45, 7) is 0.246. The number of benzene rings is 2. The van der Waals surface area contributed by atoms with Crippen molar-refractivity contribution in [1.82, 2.24) is 10.3 Å². The largest absolute Gasteiger partial charge is 0.497 e. The summed E-state index contributed by atoms with van der Waals surface area (Å²) in [7, 11) is 1.66. The number of nitrogens with zero attached hydrogens (tertiary/aromatic N) is 1. The zero-order valence-electron chi connectivity index (χ0n) is 15.8. The third kappa shape index (κ3) is 5.81. The summed E-state index contributed by atoms with van der Waals surface area (Å²) in [5, 5.41) is 2.65. The first-order chi connectivity index (χ1) is 14.2. The number of carbonyl (C=O) groups excluding carboxylic acids is 1. The second-order valence-electron chi connectivity index (χ2n) is 5.99. The van der Waals surface area contributed by atoms with Gasteiger partial charge in [-0.1, -0.05) is 42.3 Å². The van der Waals surface area contributed by atoms with Gasteiger partial charge in [0.2, 0.25) is 0 Å². The van der Waals surface area contributed by atoms with Crippen LogP contribution in [0.5, 0.6) is 5.75 Å². The molecule has 1 N–H and O–H groups in total. The van der Waals surface area contributed by atoms with Crippen LogP contribution in [0.2, 0.25) is 0 Å². The predicted molar refractivity (Wildman–Crippen MR) is 107 cm³/mol. The number of methoxy groups -OCH3 is 1. The first-order valence-electron chi connectivity index (χ1n) is 8.91. The molecule has 1 aliphatic rings. The van der Waals surface area contributed by atoms with Crippen molar-refractivity contribution in [3.05, 3.63) is 95.6 Å². The monoisotopic (exact) mass is 390 g/mol. The van der Waals surface area contributed by atoms with Gasteiger partial charge in [-0.05, 0) is 42.3 Å². The van der Waals surface area contributed by atoms with E-state index in [0.717, 1.165) is 5.75 Å². The number of cyclic esters (lactones) is 1. The number of alkyl carbamates (subject to hydrolysis) is 1. The van der Waals surface area contributed by atoms with Crippen LogP contribution in [0.15, 0.2) is 72.8 Å². The predicted octanol–water partition coefficient (Wildman–Crippen LogP) is 4.10. The number of carbonyl (C=O) groups is 1. The molecule has 1 amide bonds. The van der Waals surface area contributed by atoms with Gasteiger partial charge in [-0.3, -0.25) is 0 Å². The maximum absolute atomic E-state index is 13.5. The quantitative estimate of drug-likeness (QED) is 0.670. The first kappa shape index (κ1) is 19.9. The minimum Gasteiger partial charge on any atom is -0.497 e. The molecule has 0 saturated carbocycles. The molecule has 5 nitrogen and oxygen atoms in total. The molecular formula is C23H19FN2O3. The standard InChI is InChI=1S/C16H11FN2O2.C7H8O/c17-13-6-2-1-4-11(13)8-9-12-5-3-7-14(18-12)15-10-21-16(20)19-15;1-8-7-5-3-2-4-6-7/h1-7,15H,10H2,(H,19,20);2-6H,1H3/t15-;/m0./s1. The maximum Gasteiger partial charge on any atom is 0.407 e. The fourth-order valence-electron chi connectivity index (χ4n) is 2.51. The molecule has 1 fully saturated rings. The van der Waals surface area contributed by atoms with E-state index in [1.807, 2.05) is 30.3 Å². The molecule has 1 atom stereocenters. The number of halogens is 1. The molecule has 3 aromatic rings.